The number of benzene rings is 1. The van der Waals surface area contributed by atoms with Gasteiger partial charge in [-0.3, -0.25) is 4.79 Å². The Hall–Kier alpha value is -1.35. The van der Waals surface area contributed by atoms with E-state index in [4.69, 9.17) is 0 Å². The highest BCUT2D eigenvalue weighted by Crippen LogP contribution is 2.19. The number of hydrogen-bond acceptors (Lipinski definition) is 2. The van der Waals surface area contributed by atoms with Crippen LogP contribution in [0.3, 0.4) is 0 Å². The minimum Gasteiger partial charge on any atom is -0.355 e. The molecular formula is C13H18N2O. The predicted molar refractivity (Wildman–Crippen MR) is 64.3 cm³/mol. The standard InChI is InChI=1S/C13H18N2O/c1-10(11-6-3-2-4-7-11)12-13(16)15-9-5-8-14-12/h2-4,6-7,10,12,14H,5,8-9H2,1H3,(H,15,16). The fourth-order valence-corrected chi connectivity index (χ4v) is 2.11. The second kappa shape index (κ2) is 5.12. The summed E-state index contributed by atoms with van der Waals surface area (Å²) in [6.07, 6.45) is 1.00. The van der Waals surface area contributed by atoms with Gasteiger partial charge in [-0.05, 0) is 18.5 Å². The molecule has 2 rings (SSSR count). The fourth-order valence-electron chi connectivity index (χ4n) is 2.11. The highest BCUT2D eigenvalue weighted by molar-refractivity contribution is 5.83. The van der Waals surface area contributed by atoms with Crippen LogP contribution in [0.2, 0.25) is 0 Å². The van der Waals surface area contributed by atoms with Crippen molar-refractivity contribution >= 4 is 5.91 Å². The zero-order chi connectivity index (χ0) is 11.4. The molecule has 0 spiro atoms. The molecule has 1 amide bonds. The van der Waals surface area contributed by atoms with Gasteiger partial charge >= 0.3 is 0 Å². The molecule has 2 atom stereocenters. The van der Waals surface area contributed by atoms with Crippen LogP contribution >= 0.6 is 0 Å². The lowest BCUT2D eigenvalue weighted by Gasteiger charge is -2.22. The monoisotopic (exact) mass is 218 g/mol. The highest BCUT2D eigenvalue weighted by Gasteiger charge is 2.26. The molecule has 1 saturated heterocycles. The first-order valence-electron chi connectivity index (χ1n) is 5.85. The molecule has 1 aromatic carbocycles. The molecule has 1 heterocycles. The largest absolute Gasteiger partial charge is 0.355 e. The van der Waals surface area contributed by atoms with Crippen LogP contribution in [0.25, 0.3) is 0 Å². The van der Waals surface area contributed by atoms with Crippen molar-refractivity contribution in [3.8, 4) is 0 Å². The van der Waals surface area contributed by atoms with Gasteiger partial charge in [0, 0.05) is 12.5 Å². The van der Waals surface area contributed by atoms with Gasteiger partial charge in [0.1, 0.15) is 0 Å². The maximum atomic E-state index is 11.9. The van der Waals surface area contributed by atoms with E-state index in [0.717, 1.165) is 19.5 Å². The molecule has 16 heavy (non-hydrogen) atoms. The second-order valence-corrected chi connectivity index (χ2v) is 4.28. The van der Waals surface area contributed by atoms with Gasteiger partial charge in [-0.15, -0.1) is 0 Å². The molecule has 0 radical (unpaired) electrons. The normalized spacial score (nSPS) is 23.3. The Kier molecular flexibility index (Phi) is 3.57. The Morgan fingerprint density at radius 2 is 2.00 bits per heavy atom. The second-order valence-electron chi connectivity index (χ2n) is 4.28. The molecule has 1 aliphatic rings. The van der Waals surface area contributed by atoms with E-state index < -0.39 is 0 Å². The molecule has 0 aliphatic carbocycles. The summed E-state index contributed by atoms with van der Waals surface area (Å²) in [5.74, 6) is 0.327. The Morgan fingerprint density at radius 1 is 1.25 bits per heavy atom. The summed E-state index contributed by atoms with van der Waals surface area (Å²) in [6, 6.07) is 10.1. The first kappa shape index (κ1) is 11.1. The first-order chi connectivity index (χ1) is 7.79. The van der Waals surface area contributed by atoms with E-state index in [1.165, 1.54) is 5.56 Å². The van der Waals surface area contributed by atoms with Gasteiger partial charge in [0.05, 0.1) is 6.04 Å². The van der Waals surface area contributed by atoms with Crippen LogP contribution in [-0.4, -0.2) is 25.0 Å². The number of nitrogens with one attached hydrogen (secondary N) is 2. The number of hydrogen-bond donors (Lipinski definition) is 2. The van der Waals surface area contributed by atoms with Gasteiger partial charge in [-0.2, -0.15) is 0 Å². The maximum absolute atomic E-state index is 11.9. The summed E-state index contributed by atoms with van der Waals surface area (Å²) in [4.78, 5) is 11.9. The highest BCUT2D eigenvalue weighted by atomic mass is 16.2. The quantitative estimate of drug-likeness (QED) is 0.785. The van der Waals surface area contributed by atoms with Gasteiger partial charge in [0.25, 0.3) is 0 Å². The SMILES string of the molecule is CC(c1ccccc1)C1NCCCNC1=O. The van der Waals surface area contributed by atoms with Crippen LogP contribution in [0.5, 0.6) is 0 Å². The molecule has 86 valence electrons. The van der Waals surface area contributed by atoms with E-state index in [-0.39, 0.29) is 17.9 Å². The summed E-state index contributed by atoms with van der Waals surface area (Å²) in [5.41, 5.74) is 1.21. The van der Waals surface area contributed by atoms with Crippen LogP contribution in [-0.2, 0) is 4.79 Å². The average molecular weight is 218 g/mol. The molecule has 2 unspecified atom stereocenters. The summed E-state index contributed by atoms with van der Waals surface area (Å²) < 4.78 is 0. The zero-order valence-electron chi connectivity index (χ0n) is 9.57. The van der Waals surface area contributed by atoms with Crippen molar-refractivity contribution in [2.75, 3.05) is 13.1 Å². The van der Waals surface area contributed by atoms with Crippen LogP contribution in [0.15, 0.2) is 30.3 Å². The van der Waals surface area contributed by atoms with Gasteiger partial charge in [0.15, 0.2) is 0 Å². The number of carbonyl (C=O) groups excluding carboxylic acids is 1. The molecule has 1 fully saturated rings. The van der Waals surface area contributed by atoms with Crippen molar-refractivity contribution in [3.05, 3.63) is 35.9 Å². The molecule has 0 saturated carbocycles. The van der Waals surface area contributed by atoms with Crippen LogP contribution in [0.4, 0.5) is 0 Å². The van der Waals surface area contributed by atoms with E-state index in [0.29, 0.717) is 0 Å². The first-order valence-corrected chi connectivity index (χ1v) is 5.85. The minimum absolute atomic E-state index is 0.107. The molecule has 0 bridgehead atoms. The molecular weight excluding hydrogens is 200 g/mol. The van der Waals surface area contributed by atoms with Crippen molar-refractivity contribution in [2.24, 2.45) is 0 Å². The average Bonchev–Trinajstić information content (AvgIpc) is 2.54. The van der Waals surface area contributed by atoms with E-state index in [2.05, 4.69) is 29.7 Å². The van der Waals surface area contributed by atoms with Gasteiger partial charge in [-0.1, -0.05) is 37.3 Å². The third kappa shape index (κ3) is 2.42. The lowest BCUT2D eigenvalue weighted by atomic mass is 9.93. The molecule has 0 aromatic heterocycles. The van der Waals surface area contributed by atoms with Crippen molar-refractivity contribution in [1.82, 2.24) is 10.6 Å². The van der Waals surface area contributed by atoms with Crippen LogP contribution in [0.1, 0.15) is 24.8 Å². The molecule has 2 N–H and O–H groups in total. The third-order valence-corrected chi connectivity index (χ3v) is 3.12. The van der Waals surface area contributed by atoms with Gasteiger partial charge < -0.3 is 10.6 Å². The molecule has 3 heteroatoms. The number of carbonyl (C=O) groups is 1. The fraction of sp³-hybridized carbons (Fsp3) is 0.462. The topological polar surface area (TPSA) is 41.1 Å². The van der Waals surface area contributed by atoms with Crippen LogP contribution in [0, 0.1) is 0 Å². The molecule has 3 nitrogen and oxygen atoms in total. The van der Waals surface area contributed by atoms with Crippen molar-refractivity contribution < 1.29 is 4.79 Å². The Morgan fingerprint density at radius 3 is 2.75 bits per heavy atom. The Bertz CT molecular complexity index is 350. The van der Waals surface area contributed by atoms with E-state index in [1.54, 1.807) is 0 Å². The van der Waals surface area contributed by atoms with Crippen LogP contribution < -0.4 is 10.6 Å². The zero-order valence-corrected chi connectivity index (χ0v) is 9.57. The van der Waals surface area contributed by atoms with Crippen molar-refractivity contribution in [3.63, 3.8) is 0 Å². The van der Waals surface area contributed by atoms with E-state index in [9.17, 15) is 4.79 Å². The van der Waals surface area contributed by atoms with E-state index in [1.807, 2.05) is 18.2 Å². The Balaban J connectivity index is 2.13. The number of rotatable bonds is 2. The molecule has 1 aliphatic heterocycles. The van der Waals surface area contributed by atoms with Gasteiger partial charge in [-0.25, -0.2) is 0 Å². The summed E-state index contributed by atoms with van der Waals surface area (Å²) in [6.45, 7) is 3.78. The smallest absolute Gasteiger partial charge is 0.237 e. The maximum Gasteiger partial charge on any atom is 0.237 e. The summed E-state index contributed by atoms with van der Waals surface area (Å²) >= 11 is 0. The lowest BCUT2D eigenvalue weighted by Crippen LogP contribution is -2.44. The molecule has 1 aromatic rings. The summed E-state index contributed by atoms with van der Waals surface area (Å²) in [5, 5.41) is 6.26. The van der Waals surface area contributed by atoms with Gasteiger partial charge in [0.2, 0.25) is 5.91 Å². The van der Waals surface area contributed by atoms with Crippen molar-refractivity contribution in [2.45, 2.75) is 25.3 Å². The predicted octanol–water partition coefficient (Wildman–Crippen LogP) is 1.27. The van der Waals surface area contributed by atoms with E-state index >= 15 is 0 Å². The van der Waals surface area contributed by atoms with Crippen molar-refractivity contribution in [1.29, 1.82) is 0 Å². The number of amides is 1. The summed E-state index contributed by atoms with van der Waals surface area (Å²) in [7, 11) is 0. The minimum atomic E-state index is -0.107. The lowest BCUT2D eigenvalue weighted by molar-refractivity contribution is -0.123. The Labute approximate surface area is 96.2 Å². The third-order valence-electron chi connectivity index (χ3n) is 3.12.